The van der Waals surface area contributed by atoms with Gasteiger partial charge in [0.25, 0.3) is 5.91 Å². The average Bonchev–Trinajstić information content (AvgIpc) is 3.21. The van der Waals surface area contributed by atoms with Gasteiger partial charge in [0.15, 0.2) is 0 Å². The number of aromatic nitrogens is 3. The maximum atomic E-state index is 14.7. The van der Waals surface area contributed by atoms with Crippen LogP contribution in [0, 0.1) is 11.6 Å². The molecule has 0 atom stereocenters. The van der Waals surface area contributed by atoms with Gasteiger partial charge in [-0.05, 0) is 24.3 Å². The van der Waals surface area contributed by atoms with Crippen molar-refractivity contribution in [3.8, 4) is 22.9 Å². The number of carbonyl (C=O) groups is 2. The smallest absolute Gasteiger partial charge is 0.251 e. The summed E-state index contributed by atoms with van der Waals surface area (Å²) in [6.07, 6.45) is 2.83. The number of halogens is 2. The van der Waals surface area contributed by atoms with Gasteiger partial charge in [-0.2, -0.15) is 4.98 Å². The van der Waals surface area contributed by atoms with Crippen LogP contribution in [0.2, 0.25) is 0 Å². The monoisotopic (exact) mass is 438 g/mol. The lowest BCUT2D eigenvalue weighted by Crippen LogP contribution is -2.17. The van der Waals surface area contributed by atoms with E-state index in [4.69, 9.17) is 15.2 Å². The van der Waals surface area contributed by atoms with E-state index >= 15 is 0 Å². The summed E-state index contributed by atoms with van der Waals surface area (Å²) in [7, 11) is 2.91. The van der Waals surface area contributed by atoms with Gasteiger partial charge in [-0.3, -0.25) is 9.59 Å². The Kier molecular flexibility index (Phi) is 5.27. The first-order chi connectivity index (χ1) is 15.3. The van der Waals surface area contributed by atoms with Crippen LogP contribution in [0.15, 0.2) is 42.7 Å². The van der Waals surface area contributed by atoms with Gasteiger partial charge < -0.3 is 20.2 Å². The molecule has 8 nitrogen and oxygen atoms in total. The highest BCUT2D eigenvalue weighted by molar-refractivity contribution is 6.17. The van der Waals surface area contributed by atoms with Crippen LogP contribution in [0.25, 0.3) is 22.2 Å². The van der Waals surface area contributed by atoms with Crippen LogP contribution in [0.5, 0.6) is 11.8 Å². The van der Waals surface area contributed by atoms with Gasteiger partial charge in [-0.1, -0.05) is 0 Å². The second kappa shape index (κ2) is 8.06. The Labute approximate surface area is 180 Å². The minimum absolute atomic E-state index is 0.0331. The van der Waals surface area contributed by atoms with Crippen molar-refractivity contribution in [2.75, 3.05) is 14.2 Å². The maximum absolute atomic E-state index is 14.7. The van der Waals surface area contributed by atoms with Crippen LogP contribution in [0.4, 0.5) is 8.78 Å². The first-order valence-electron chi connectivity index (χ1n) is 9.24. The summed E-state index contributed by atoms with van der Waals surface area (Å²) in [6.45, 7) is 0. The van der Waals surface area contributed by atoms with Gasteiger partial charge in [0, 0.05) is 40.5 Å². The van der Waals surface area contributed by atoms with E-state index in [1.807, 2.05) is 0 Å². The molecule has 162 valence electrons. The summed E-state index contributed by atoms with van der Waals surface area (Å²) >= 11 is 0. The molecule has 4 rings (SSSR count). The van der Waals surface area contributed by atoms with Gasteiger partial charge in [0.05, 0.1) is 25.3 Å². The first kappa shape index (κ1) is 20.9. The highest BCUT2D eigenvalue weighted by atomic mass is 19.1. The lowest BCUT2D eigenvalue weighted by Gasteiger charge is -2.10. The summed E-state index contributed by atoms with van der Waals surface area (Å²) in [4.78, 5) is 35.8. The van der Waals surface area contributed by atoms with E-state index in [1.54, 1.807) is 18.2 Å². The molecule has 0 aliphatic carbocycles. The summed E-state index contributed by atoms with van der Waals surface area (Å²) in [5.41, 5.74) is 5.06. The fourth-order valence-electron chi connectivity index (χ4n) is 3.34. The normalized spacial score (nSPS) is 10.9. The second-order valence-electron chi connectivity index (χ2n) is 6.71. The molecule has 10 heteroatoms. The lowest BCUT2D eigenvalue weighted by molar-refractivity contribution is 0.0996. The average molecular weight is 438 g/mol. The molecule has 0 unspecified atom stereocenters. The summed E-state index contributed by atoms with van der Waals surface area (Å²) in [5, 5.41) is 0.314. The Morgan fingerprint density at radius 2 is 1.84 bits per heavy atom. The van der Waals surface area contributed by atoms with E-state index < -0.39 is 34.5 Å². The van der Waals surface area contributed by atoms with Gasteiger partial charge in [-0.25, -0.2) is 13.8 Å². The largest absolute Gasteiger partial charge is 0.481 e. The number of pyridine rings is 2. The topological polar surface area (TPSA) is 120 Å². The number of fused-ring (bicyclic) bond motifs is 1. The van der Waals surface area contributed by atoms with Crippen molar-refractivity contribution in [1.82, 2.24) is 15.0 Å². The first-order valence-corrected chi connectivity index (χ1v) is 9.24. The number of primary amides is 1. The predicted molar refractivity (Wildman–Crippen MR) is 111 cm³/mol. The fourth-order valence-corrected chi connectivity index (χ4v) is 3.34. The fraction of sp³-hybridized carbons (Fsp3) is 0.0909. The van der Waals surface area contributed by atoms with Crippen LogP contribution in [0.1, 0.15) is 26.3 Å². The number of benzene rings is 1. The number of methoxy groups -OCH3 is 2. The molecule has 3 N–H and O–H groups in total. The minimum Gasteiger partial charge on any atom is -0.481 e. The SMILES string of the molecule is COc1ccc(-c2cnc3[nH]cc(C(=O)c4c(F)ccc(C(N)=O)c4F)c3c2)c(OC)n1. The third-order valence-corrected chi connectivity index (χ3v) is 4.91. The highest BCUT2D eigenvalue weighted by Gasteiger charge is 2.26. The molecule has 3 heterocycles. The molecule has 0 spiro atoms. The molecule has 0 radical (unpaired) electrons. The Bertz CT molecular complexity index is 1380. The van der Waals surface area contributed by atoms with Crippen LogP contribution >= 0.6 is 0 Å². The third-order valence-electron chi connectivity index (χ3n) is 4.91. The molecule has 4 aromatic rings. The van der Waals surface area contributed by atoms with E-state index in [0.717, 1.165) is 12.1 Å². The Morgan fingerprint density at radius 1 is 1.06 bits per heavy atom. The van der Waals surface area contributed by atoms with Gasteiger partial charge in [0.2, 0.25) is 17.5 Å². The number of ether oxygens (including phenoxy) is 2. The summed E-state index contributed by atoms with van der Waals surface area (Å²) < 4.78 is 39.5. The summed E-state index contributed by atoms with van der Waals surface area (Å²) in [6, 6.07) is 6.67. The van der Waals surface area contributed by atoms with Crippen LogP contribution in [0.3, 0.4) is 0 Å². The molecule has 1 amide bonds. The second-order valence-corrected chi connectivity index (χ2v) is 6.71. The maximum Gasteiger partial charge on any atom is 0.251 e. The van der Waals surface area contributed by atoms with Crippen molar-refractivity contribution >= 4 is 22.7 Å². The number of hydrogen-bond acceptors (Lipinski definition) is 6. The molecule has 0 saturated carbocycles. The molecule has 3 aromatic heterocycles. The van der Waals surface area contributed by atoms with Crippen molar-refractivity contribution in [1.29, 1.82) is 0 Å². The molecular weight excluding hydrogens is 422 g/mol. The number of rotatable bonds is 6. The lowest BCUT2D eigenvalue weighted by atomic mass is 9.98. The van der Waals surface area contributed by atoms with E-state index in [0.29, 0.717) is 28.0 Å². The molecule has 32 heavy (non-hydrogen) atoms. The van der Waals surface area contributed by atoms with E-state index in [9.17, 15) is 18.4 Å². The van der Waals surface area contributed by atoms with Gasteiger partial charge in [-0.15, -0.1) is 0 Å². The molecular formula is C22H16F2N4O4. The Morgan fingerprint density at radius 3 is 2.53 bits per heavy atom. The zero-order chi connectivity index (χ0) is 23.0. The molecule has 1 aromatic carbocycles. The van der Waals surface area contributed by atoms with Crippen molar-refractivity contribution in [2.45, 2.75) is 0 Å². The van der Waals surface area contributed by atoms with Gasteiger partial charge in [0.1, 0.15) is 17.3 Å². The minimum atomic E-state index is -1.32. The number of ketones is 1. The van der Waals surface area contributed by atoms with Crippen molar-refractivity contribution in [3.63, 3.8) is 0 Å². The van der Waals surface area contributed by atoms with Crippen molar-refractivity contribution in [3.05, 3.63) is 71.1 Å². The number of nitrogens with zero attached hydrogens (tertiary/aromatic N) is 2. The quantitative estimate of drug-likeness (QED) is 0.446. The number of H-pyrrole nitrogens is 1. The molecule has 0 aliphatic rings. The number of nitrogens with one attached hydrogen (secondary N) is 1. The number of aromatic amines is 1. The number of nitrogens with two attached hydrogens (primary N) is 1. The highest BCUT2D eigenvalue weighted by Crippen LogP contribution is 2.33. The van der Waals surface area contributed by atoms with E-state index in [-0.39, 0.29) is 11.4 Å². The molecule has 0 aliphatic heterocycles. The van der Waals surface area contributed by atoms with Crippen LogP contribution in [-0.2, 0) is 0 Å². The molecule has 0 fully saturated rings. The van der Waals surface area contributed by atoms with Crippen LogP contribution in [-0.4, -0.2) is 40.9 Å². The third kappa shape index (κ3) is 3.41. The number of hydrogen-bond donors (Lipinski definition) is 2. The Balaban J connectivity index is 1.86. The zero-order valence-corrected chi connectivity index (χ0v) is 16.9. The molecule has 0 bridgehead atoms. The van der Waals surface area contributed by atoms with E-state index in [2.05, 4.69) is 15.0 Å². The van der Waals surface area contributed by atoms with E-state index in [1.165, 1.54) is 26.6 Å². The zero-order valence-electron chi connectivity index (χ0n) is 16.9. The predicted octanol–water partition coefficient (Wildman–Crippen LogP) is 3.25. The van der Waals surface area contributed by atoms with Crippen LogP contribution < -0.4 is 15.2 Å². The Hall–Kier alpha value is -4.34. The standard InChI is InChI=1S/C22H16F2N4O4/c1-31-16-6-4-11(22(28-16)32-2)10-7-13-14(9-27-21(13)26-8-10)19(29)17-15(23)5-3-12(18(17)24)20(25)30/h3-9H,1-2H3,(H2,25,30)(H,26,27). The summed E-state index contributed by atoms with van der Waals surface area (Å²) in [5.74, 6) is -3.90. The number of carbonyl (C=O) groups excluding carboxylic acids is 2. The van der Waals surface area contributed by atoms with Crippen molar-refractivity contribution < 1.29 is 27.8 Å². The van der Waals surface area contributed by atoms with Crippen molar-refractivity contribution in [2.24, 2.45) is 5.73 Å². The van der Waals surface area contributed by atoms with Gasteiger partial charge >= 0.3 is 0 Å². The number of amides is 1. The molecule has 0 saturated heterocycles.